The number of benzene rings is 1. The Labute approximate surface area is 135 Å². The number of aromatic nitrogens is 3. The molecule has 1 N–H and O–H groups in total. The van der Waals surface area contributed by atoms with Crippen molar-refractivity contribution >= 4 is 5.78 Å². The summed E-state index contributed by atoms with van der Waals surface area (Å²) in [4.78, 5) is 10.7. The van der Waals surface area contributed by atoms with E-state index in [2.05, 4.69) is 14.9 Å². The third kappa shape index (κ3) is 3.49. The predicted molar refractivity (Wildman–Crippen MR) is 87.2 cm³/mol. The van der Waals surface area contributed by atoms with Crippen LogP contribution >= 0.6 is 0 Å². The Bertz CT molecular complexity index is 772. The normalized spacial score (nSPS) is 11.3. The van der Waals surface area contributed by atoms with Crippen LogP contribution in [-0.4, -0.2) is 44.6 Å². The van der Waals surface area contributed by atoms with Gasteiger partial charge in [-0.25, -0.2) is 9.97 Å². The second-order valence-corrected chi connectivity index (χ2v) is 5.29. The number of para-hydroxylation sites is 1. The number of hydrogen-bond donors (Lipinski definition) is 1. The lowest BCUT2D eigenvalue weighted by atomic mass is 10.2. The Morgan fingerprint density at radius 2 is 2.04 bits per heavy atom. The SMILES string of the molecule is COc1ccccc1CN(CCO)Cc1cnc2ncccn12. The molecule has 0 saturated heterocycles. The molecule has 0 aliphatic carbocycles. The molecule has 3 rings (SSSR count). The third-order valence-corrected chi connectivity index (χ3v) is 3.75. The first kappa shape index (κ1) is 15.5. The first-order valence-corrected chi connectivity index (χ1v) is 7.54. The molecule has 0 atom stereocenters. The number of ether oxygens (including phenoxy) is 1. The van der Waals surface area contributed by atoms with E-state index >= 15 is 0 Å². The van der Waals surface area contributed by atoms with E-state index in [0.717, 1.165) is 17.0 Å². The van der Waals surface area contributed by atoms with E-state index in [1.54, 1.807) is 13.3 Å². The summed E-state index contributed by atoms with van der Waals surface area (Å²) in [6, 6.07) is 9.82. The van der Waals surface area contributed by atoms with E-state index in [4.69, 9.17) is 4.74 Å². The van der Waals surface area contributed by atoms with Crippen molar-refractivity contribution in [3.8, 4) is 5.75 Å². The van der Waals surface area contributed by atoms with Gasteiger partial charge in [-0.05, 0) is 12.1 Å². The average Bonchev–Trinajstić information content (AvgIpc) is 2.99. The quantitative estimate of drug-likeness (QED) is 0.720. The maximum Gasteiger partial charge on any atom is 0.233 e. The largest absolute Gasteiger partial charge is 0.496 e. The highest BCUT2D eigenvalue weighted by atomic mass is 16.5. The summed E-state index contributed by atoms with van der Waals surface area (Å²) in [5.41, 5.74) is 2.13. The van der Waals surface area contributed by atoms with Gasteiger partial charge in [0.05, 0.1) is 25.6 Å². The van der Waals surface area contributed by atoms with Crippen molar-refractivity contribution in [2.75, 3.05) is 20.3 Å². The van der Waals surface area contributed by atoms with Crippen LogP contribution in [0.25, 0.3) is 5.78 Å². The van der Waals surface area contributed by atoms with Gasteiger partial charge in [-0.15, -0.1) is 0 Å². The second-order valence-electron chi connectivity index (χ2n) is 5.29. The third-order valence-electron chi connectivity index (χ3n) is 3.75. The lowest BCUT2D eigenvalue weighted by Crippen LogP contribution is -2.26. The zero-order valence-corrected chi connectivity index (χ0v) is 13.1. The maximum atomic E-state index is 9.38. The summed E-state index contributed by atoms with van der Waals surface area (Å²) in [5, 5.41) is 9.38. The Balaban J connectivity index is 1.81. The molecule has 0 fully saturated rings. The number of fused-ring (bicyclic) bond motifs is 1. The molecule has 2 heterocycles. The molecule has 0 aliphatic rings. The summed E-state index contributed by atoms with van der Waals surface area (Å²) in [5.74, 6) is 1.54. The number of rotatable bonds is 7. The highest BCUT2D eigenvalue weighted by Gasteiger charge is 2.12. The summed E-state index contributed by atoms with van der Waals surface area (Å²) in [6.07, 6.45) is 5.51. The summed E-state index contributed by atoms with van der Waals surface area (Å²) >= 11 is 0. The minimum atomic E-state index is 0.101. The molecule has 23 heavy (non-hydrogen) atoms. The predicted octanol–water partition coefficient (Wildman–Crippen LogP) is 1.73. The topological polar surface area (TPSA) is 62.9 Å². The molecule has 6 nitrogen and oxygen atoms in total. The fourth-order valence-electron chi connectivity index (χ4n) is 2.65. The molecule has 0 radical (unpaired) electrons. The van der Waals surface area contributed by atoms with E-state index in [0.29, 0.717) is 25.4 Å². The zero-order chi connectivity index (χ0) is 16.1. The fourth-order valence-corrected chi connectivity index (χ4v) is 2.65. The fraction of sp³-hybridized carbons (Fsp3) is 0.294. The Kier molecular flexibility index (Phi) is 4.85. The van der Waals surface area contributed by atoms with Crippen LogP contribution in [0.4, 0.5) is 0 Å². The van der Waals surface area contributed by atoms with Gasteiger partial charge < -0.3 is 9.84 Å². The first-order chi connectivity index (χ1) is 11.3. The van der Waals surface area contributed by atoms with Gasteiger partial charge in [-0.1, -0.05) is 18.2 Å². The van der Waals surface area contributed by atoms with Crippen LogP contribution in [0, 0.1) is 0 Å². The van der Waals surface area contributed by atoms with Crippen molar-refractivity contribution in [2.24, 2.45) is 0 Å². The van der Waals surface area contributed by atoms with Gasteiger partial charge in [-0.3, -0.25) is 9.30 Å². The molecule has 0 bridgehead atoms. The highest BCUT2D eigenvalue weighted by molar-refractivity contribution is 5.33. The number of imidazole rings is 1. The molecule has 3 aromatic rings. The molecule has 0 spiro atoms. The van der Waals surface area contributed by atoms with Crippen LogP contribution in [0.5, 0.6) is 5.75 Å². The zero-order valence-electron chi connectivity index (χ0n) is 13.1. The lowest BCUT2D eigenvalue weighted by molar-refractivity contribution is 0.181. The van der Waals surface area contributed by atoms with Gasteiger partial charge in [0, 0.05) is 37.6 Å². The average molecular weight is 312 g/mol. The van der Waals surface area contributed by atoms with Crippen molar-refractivity contribution in [1.82, 2.24) is 19.3 Å². The maximum absolute atomic E-state index is 9.38. The molecule has 0 saturated carbocycles. The first-order valence-electron chi connectivity index (χ1n) is 7.54. The summed E-state index contributed by atoms with van der Waals surface area (Å²) in [7, 11) is 1.67. The van der Waals surface area contributed by atoms with Crippen molar-refractivity contribution in [3.05, 3.63) is 60.2 Å². The summed E-state index contributed by atoms with van der Waals surface area (Å²) in [6.45, 7) is 2.04. The van der Waals surface area contributed by atoms with Gasteiger partial charge in [0.1, 0.15) is 5.75 Å². The van der Waals surface area contributed by atoms with Crippen molar-refractivity contribution in [2.45, 2.75) is 13.1 Å². The number of hydrogen-bond acceptors (Lipinski definition) is 5. The molecule has 0 aliphatic heterocycles. The Hall–Kier alpha value is -2.44. The van der Waals surface area contributed by atoms with Gasteiger partial charge in [-0.2, -0.15) is 0 Å². The Morgan fingerprint density at radius 3 is 2.87 bits per heavy atom. The van der Waals surface area contributed by atoms with Gasteiger partial charge >= 0.3 is 0 Å². The minimum Gasteiger partial charge on any atom is -0.496 e. The van der Waals surface area contributed by atoms with Crippen molar-refractivity contribution in [1.29, 1.82) is 0 Å². The summed E-state index contributed by atoms with van der Waals surface area (Å²) < 4.78 is 7.38. The molecular weight excluding hydrogens is 292 g/mol. The van der Waals surface area contributed by atoms with E-state index < -0.39 is 0 Å². The van der Waals surface area contributed by atoms with Crippen LogP contribution in [-0.2, 0) is 13.1 Å². The van der Waals surface area contributed by atoms with Crippen LogP contribution in [0.15, 0.2) is 48.9 Å². The van der Waals surface area contributed by atoms with E-state index in [9.17, 15) is 5.11 Å². The molecule has 120 valence electrons. The van der Waals surface area contributed by atoms with Crippen LogP contribution in [0.1, 0.15) is 11.3 Å². The molecule has 0 amide bonds. The number of nitrogens with zero attached hydrogens (tertiary/aromatic N) is 4. The van der Waals surface area contributed by atoms with Crippen molar-refractivity contribution < 1.29 is 9.84 Å². The van der Waals surface area contributed by atoms with Crippen molar-refractivity contribution in [3.63, 3.8) is 0 Å². The monoisotopic (exact) mass is 312 g/mol. The van der Waals surface area contributed by atoms with Crippen LogP contribution in [0.3, 0.4) is 0 Å². The van der Waals surface area contributed by atoms with Crippen LogP contribution < -0.4 is 4.74 Å². The standard InChI is InChI=1S/C17H20N4O2/c1-23-16-6-3-2-5-14(16)12-20(9-10-22)13-15-11-19-17-18-7-4-8-21(15)17/h2-8,11,22H,9-10,12-13H2,1H3. The molecule has 1 aromatic carbocycles. The van der Waals surface area contributed by atoms with E-state index in [-0.39, 0.29) is 6.61 Å². The number of aliphatic hydroxyl groups is 1. The molecule has 0 unspecified atom stereocenters. The highest BCUT2D eigenvalue weighted by Crippen LogP contribution is 2.20. The van der Waals surface area contributed by atoms with Gasteiger partial charge in [0.2, 0.25) is 5.78 Å². The smallest absolute Gasteiger partial charge is 0.233 e. The Morgan fingerprint density at radius 1 is 1.17 bits per heavy atom. The molecular formula is C17H20N4O2. The van der Waals surface area contributed by atoms with Gasteiger partial charge in [0.25, 0.3) is 0 Å². The number of methoxy groups -OCH3 is 1. The number of aliphatic hydroxyl groups excluding tert-OH is 1. The van der Waals surface area contributed by atoms with Gasteiger partial charge in [0.15, 0.2) is 0 Å². The molecule has 2 aromatic heterocycles. The van der Waals surface area contributed by atoms with E-state index in [1.807, 2.05) is 47.1 Å². The van der Waals surface area contributed by atoms with Crippen LogP contribution in [0.2, 0.25) is 0 Å². The second kappa shape index (κ2) is 7.21. The molecule has 6 heteroatoms. The van der Waals surface area contributed by atoms with E-state index in [1.165, 1.54) is 0 Å². The lowest BCUT2D eigenvalue weighted by Gasteiger charge is -2.22. The minimum absolute atomic E-state index is 0.101.